The standard InChI is InChI=1S/C20H26BNO4.C13H16O.C11H19NO4/c1-4-5-6-13-24-17-10-7-16(8-11-17)9-12-19(23)18-14-25-20(2,3)21(18)26-15-22;1-3-5-6-11-14-13-9-7-12(4-2)8-10-13;1-10(2,3)16-9(14)12-8(6-13)7-15-11(12,4)5/h7-8,10-11,18-19,23H,4-6,13-14H2,1-3H3;2,7-10H,3,5-6,11H2,1H3;6,8H,7H2,1-5H3/t18-,19+;;8-/m1.0/s1. The molecule has 56 heavy (non-hydrogen) atoms. The molecule has 0 saturated carbocycles. The number of amides is 1. The van der Waals surface area contributed by atoms with Crippen LogP contribution in [0.5, 0.6) is 11.5 Å². The zero-order valence-corrected chi connectivity index (χ0v) is 34.8. The van der Waals surface area contributed by atoms with Gasteiger partial charge in [-0.05, 0) is 110 Å². The van der Waals surface area contributed by atoms with Crippen molar-refractivity contribution < 1.29 is 43.0 Å². The van der Waals surface area contributed by atoms with Crippen LogP contribution in [-0.2, 0) is 23.7 Å². The van der Waals surface area contributed by atoms with Crippen molar-refractivity contribution in [2.75, 3.05) is 26.4 Å². The smallest absolute Gasteiger partial charge is 0.414 e. The van der Waals surface area contributed by atoms with Crippen LogP contribution < -0.4 is 9.47 Å². The van der Waals surface area contributed by atoms with Crippen LogP contribution in [0.15, 0.2) is 48.5 Å². The van der Waals surface area contributed by atoms with E-state index < -0.39 is 42.0 Å². The molecule has 4 rings (SSSR count). The molecule has 0 aliphatic carbocycles. The lowest BCUT2D eigenvalue weighted by Crippen LogP contribution is -2.50. The lowest BCUT2D eigenvalue weighted by molar-refractivity contribution is -0.113. The summed E-state index contributed by atoms with van der Waals surface area (Å²) >= 11 is 0. The van der Waals surface area contributed by atoms with E-state index >= 15 is 0 Å². The SMILES string of the molecule is C#Cc1ccc(OCCCCC)cc1.CC(C)(C)OC(=O)N1[C@@H](C=O)COC1(C)C.CCCCCOc1ccc(C#C[C@H](O)[C@H]2COC(C)(C)B2OC#N)cc1. The Morgan fingerprint density at radius 1 is 0.946 bits per heavy atom. The second-order valence-electron chi connectivity index (χ2n) is 15.5. The van der Waals surface area contributed by atoms with Crippen molar-refractivity contribution in [3.8, 4) is 41.9 Å². The fourth-order valence-corrected chi connectivity index (χ4v) is 5.77. The van der Waals surface area contributed by atoms with E-state index in [4.69, 9.17) is 40.0 Å². The molecule has 2 fully saturated rings. The summed E-state index contributed by atoms with van der Waals surface area (Å²) in [5.41, 5.74) is -0.316. The first-order valence-electron chi connectivity index (χ1n) is 19.4. The number of aldehydes is 1. The molecule has 2 heterocycles. The average Bonchev–Trinajstić information content (AvgIpc) is 3.64. The Hall–Kier alpha value is -4.67. The molecule has 1 N–H and O–H groups in total. The maximum atomic E-state index is 11.9. The van der Waals surface area contributed by atoms with Crippen LogP contribution in [0.3, 0.4) is 0 Å². The minimum Gasteiger partial charge on any atom is -0.494 e. The molecule has 0 unspecified atom stereocenters. The van der Waals surface area contributed by atoms with Gasteiger partial charge in [-0.2, -0.15) is 5.26 Å². The largest absolute Gasteiger partial charge is 0.494 e. The fraction of sp³-hybridized carbons (Fsp3) is 0.568. The first-order valence-corrected chi connectivity index (χ1v) is 19.4. The van der Waals surface area contributed by atoms with Crippen molar-refractivity contribution in [1.82, 2.24) is 4.90 Å². The minimum atomic E-state index is -0.930. The molecule has 2 aromatic carbocycles. The molecule has 0 spiro atoms. The van der Waals surface area contributed by atoms with Crippen LogP contribution in [0, 0.1) is 35.7 Å². The molecule has 2 aliphatic rings. The van der Waals surface area contributed by atoms with Crippen molar-refractivity contribution in [3.63, 3.8) is 0 Å². The predicted molar refractivity (Wildman–Crippen MR) is 218 cm³/mol. The molecule has 0 radical (unpaired) electrons. The van der Waals surface area contributed by atoms with Gasteiger partial charge in [0.1, 0.15) is 41.3 Å². The number of aliphatic hydroxyl groups is 1. The topological polar surface area (TPSA) is 137 Å². The Balaban J connectivity index is 0.000000310. The first-order chi connectivity index (χ1) is 26.5. The molecule has 2 aromatic rings. The summed E-state index contributed by atoms with van der Waals surface area (Å²) < 4.78 is 32.6. The molecule has 0 aromatic heterocycles. The van der Waals surface area contributed by atoms with E-state index in [0.717, 1.165) is 48.7 Å². The Labute approximate surface area is 335 Å². The van der Waals surface area contributed by atoms with Gasteiger partial charge in [-0.15, -0.1) is 6.42 Å². The molecule has 1 amide bonds. The van der Waals surface area contributed by atoms with Gasteiger partial charge < -0.3 is 38.2 Å². The first kappa shape index (κ1) is 47.5. The molecule has 304 valence electrons. The Morgan fingerprint density at radius 3 is 1.95 bits per heavy atom. The Kier molecular flexibility index (Phi) is 19.9. The summed E-state index contributed by atoms with van der Waals surface area (Å²) in [5, 5.41) is 19.2. The Bertz CT molecular complexity index is 1630. The molecule has 2 saturated heterocycles. The van der Waals surface area contributed by atoms with Crippen LogP contribution in [0.1, 0.15) is 112 Å². The van der Waals surface area contributed by atoms with Gasteiger partial charge in [-0.25, -0.2) is 4.79 Å². The Morgan fingerprint density at radius 2 is 1.48 bits per heavy atom. The average molecular weight is 773 g/mol. The van der Waals surface area contributed by atoms with Crippen LogP contribution in [0.2, 0.25) is 5.82 Å². The zero-order chi connectivity index (χ0) is 41.8. The highest BCUT2D eigenvalue weighted by Gasteiger charge is 2.53. The van der Waals surface area contributed by atoms with Crippen molar-refractivity contribution in [1.29, 1.82) is 5.26 Å². The summed E-state index contributed by atoms with van der Waals surface area (Å²) in [7, 11) is 0. The molecule has 11 nitrogen and oxygen atoms in total. The van der Waals surface area contributed by atoms with Crippen molar-refractivity contribution in [2.45, 2.75) is 136 Å². The monoisotopic (exact) mass is 772 g/mol. The fourth-order valence-electron chi connectivity index (χ4n) is 5.77. The number of terminal acetylenes is 1. The lowest BCUT2D eigenvalue weighted by atomic mass is 9.46. The van der Waals surface area contributed by atoms with Crippen molar-refractivity contribution in [3.05, 3.63) is 59.7 Å². The highest BCUT2D eigenvalue weighted by atomic mass is 16.6. The molecule has 12 heteroatoms. The van der Waals surface area contributed by atoms with Gasteiger partial charge in [0, 0.05) is 23.6 Å². The highest BCUT2D eigenvalue weighted by Crippen LogP contribution is 2.35. The van der Waals surface area contributed by atoms with Crippen LogP contribution >= 0.6 is 0 Å². The van der Waals surface area contributed by atoms with Gasteiger partial charge in [0.25, 0.3) is 6.26 Å². The number of aliphatic hydroxyl groups excluding tert-OH is 1. The van der Waals surface area contributed by atoms with E-state index in [1.54, 1.807) is 40.9 Å². The molecular formula is C44H61BN2O9. The lowest BCUT2D eigenvalue weighted by Gasteiger charge is -2.33. The third kappa shape index (κ3) is 16.2. The number of nitriles is 1. The number of carbonyl (C=O) groups is 2. The van der Waals surface area contributed by atoms with E-state index in [-0.39, 0.29) is 12.4 Å². The number of unbranched alkanes of at least 4 members (excludes halogenated alkanes) is 4. The minimum absolute atomic E-state index is 0.218. The maximum Gasteiger partial charge on any atom is 0.414 e. The normalized spacial score (nSPS) is 18.2. The highest BCUT2D eigenvalue weighted by molar-refractivity contribution is 6.58. The van der Waals surface area contributed by atoms with Crippen LogP contribution in [0.25, 0.3) is 0 Å². The molecule has 3 atom stereocenters. The number of rotatable bonds is 13. The number of benzene rings is 2. The van der Waals surface area contributed by atoms with E-state index in [2.05, 4.69) is 31.6 Å². The third-order valence-corrected chi connectivity index (χ3v) is 8.85. The van der Waals surface area contributed by atoms with Gasteiger partial charge in [0.15, 0.2) is 0 Å². The predicted octanol–water partition coefficient (Wildman–Crippen LogP) is 7.97. The zero-order valence-electron chi connectivity index (χ0n) is 34.8. The summed E-state index contributed by atoms with van der Waals surface area (Å²) in [5.74, 6) is 9.74. The van der Waals surface area contributed by atoms with Crippen LogP contribution in [-0.4, -0.2) is 84.7 Å². The van der Waals surface area contributed by atoms with Gasteiger partial charge >= 0.3 is 13.0 Å². The third-order valence-electron chi connectivity index (χ3n) is 8.85. The van der Waals surface area contributed by atoms with Gasteiger partial charge in [0.2, 0.25) is 0 Å². The second-order valence-corrected chi connectivity index (χ2v) is 15.5. The van der Waals surface area contributed by atoms with E-state index in [1.165, 1.54) is 30.6 Å². The number of hydrogen-bond donors (Lipinski definition) is 1. The maximum absolute atomic E-state index is 11.9. The number of nitrogens with zero attached hydrogens (tertiary/aromatic N) is 2. The van der Waals surface area contributed by atoms with E-state index in [9.17, 15) is 14.7 Å². The van der Waals surface area contributed by atoms with E-state index in [1.807, 2.05) is 62.4 Å². The number of hydrogen-bond acceptors (Lipinski definition) is 10. The second kappa shape index (κ2) is 23.4. The summed E-state index contributed by atoms with van der Waals surface area (Å²) in [6, 6.07) is 14.6. The quantitative estimate of drug-likeness (QED) is 0.0702. The summed E-state index contributed by atoms with van der Waals surface area (Å²) in [6.07, 6.45) is 13.2. The molecular weight excluding hydrogens is 711 g/mol. The number of carbonyl (C=O) groups excluding carboxylic acids is 2. The number of ether oxygens (including phenoxy) is 5. The van der Waals surface area contributed by atoms with Crippen molar-refractivity contribution in [2.24, 2.45) is 0 Å². The van der Waals surface area contributed by atoms with Gasteiger partial charge in [0.05, 0.1) is 25.3 Å². The van der Waals surface area contributed by atoms with Gasteiger partial charge in [-0.3, -0.25) is 4.90 Å². The summed E-state index contributed by atoms with van der Waals surface area (Å²) in [6.45, 7) is 18.4. The molecule has 0 bridgehead atoms. The van der Waals surface area contributed by atoms with Crippen molar-refractivity contribution >= 4 is 19.3 Å². The molecule has 2 aliphatic heterocycles. The van der Waals surface area contributed by atoms with Gasteiger partial charge in [-0.1, -0.05) is 57.3 Å². The van der Waals surface area contributed by atoms with E-state index in [0.29, 0.717) is 12.9 Å². The van der Waals surface area contributed by atoms with Crippen LogP contribution in [0.4, 0.5) is 4.79 Å². The summed E-state index contributed by atoms with van der Waals surface area (Å²) in [4.78, 5) is 24.1.